The first kappa shape index (κ1) is 21.9. The summed E-state index contributed by atoms with van der Waals surface area (Å²) in [6, 6.07) is 10.1. The molecule has 1 atom stereocenters. The number of carbonyl (C=O) groups excluding carboxylic acids is 1. The van der Waals surface area contributed by atoms with Crippen LogP contribution in [0.15, 0.2) is 55.4 Å². The zero-order valence-electron chi connectivity index (χ0n) is 18.6. The Hall–Kier alpha value is -3.32. The van der Waals surface area contributed by atoms with Gasteiger partial charge in [0.05, 0.1) is 23.1 Å². The van der Waals surface area contributed by atoms with E-state index in [1.54, 1.807) is 0 Å². The van der Waals surface area contributed by atoms with Crippen LogP contribution in [0, 0.1) is 0 Å². The molecule has 7 nitrogen and oxygen atoms in total. The molecule has 1 aliphatic rings. The molecular formula is C25H31N5O2. The number of hydrogen-bond donors (Lipinski definition) is 3. The van der Waals surface area contributed by atoms with E-state index in [9.17, 15) is 9.90 Å². The number of benzene rings is 1. The average molecular weight is 434 g/mol. The van der Waals surface area contributed by atoms with Gasteiger partial charge in [0.2, 0.25) is 5.91 Å². The van der Waals surface area contributed by atoms with Crippen LogP contribution in [0.2, 0.25) is 0 Å². The fourth-order valence-electron chi connectivity index (χ4n) is 4.53. The van der Waals surface area contributed by atoms with Crippen LogP contribution in [0.3, 0.4) is 0 Å². The van der Waals surface area contributed by atoms with E-state index in [1.165, 1.54) is 18.1 Å². The summed E-state index contributed by atoms with van der Waals surface area (Å²) in [7, 11) is 0. The van der Waals surface area contributed by atoms with Crippen LogP contribution in [-0.2, 0) is 11.2 Å². The summed E-state index contributed by atoms with van der Waals surface area (Å²) in [4.78, 5) is 14.2. The van der Waals surface area contributed by atoms with Crippen LogP contribution < -0.4 is 15.5 Å². The minimum atomic E-state index is -0.242. The van der Waals surface area contributed by atoms with Gasteiger partial charge in [0, 0.05) is 36.8 Å². The first-order chi connectivity index (χ1) is 15.6. The van der Waals surface area contributed by atoms with E-state index in [0.29, 0.717) is 11.7 Å². The van der Waals surface area contributed by atoms with Crippen LogP contribution in [0.25, 0.3) is 5.52 Å². The number of piperidine rings is 1. The topological polar surface area (TPSA) is 81.9 Å². The van der Waals surface area contributed by atoms with Crippen molar-refractivity contribution in [2.75, 3.05) is 28.7 Å². The molecule has 2 aromatic heterocycles. The number of hydrogen-bond acceptors (Lipinski definition) is 5. The molecule has 7 heteroatoms. The van der Waals surface area contributed by atoms with Gasteiger partial charge in [-0.1, -0.05) is 19.6 Å². The first-order valence-electron chi connectivity index (χ1n) is 11.3. The largest absolute Gasteiger partial charge is 0.396 e. The van der Waals surface area contributed by atoms with Crippen LogP contribution in [-0.4, -0.2) is 39.8 Å². The van der Waals surface area contributed by atoms with Gasteiger partial charge >= 0.3 is 0 Å². The summed E-state index contributed by atoms with van der Waals surface area (Å²) in [5.41, 5.74) is 5.92. The minimum Gasteiger partial charge on any atom is -0.396 e. The zero-order chi connectivity index (χ0) is 22.5. The van der Waals surface area contributed by atoms with Gasteiger partial charge in [-0.05, 0) is 68.0 Å². The Morgan fingerprint density at radius 1 is 1.31 bits per heavy atom. The third kappa shape index (κ3) is 4.48. The Bertz CT molecular complexity index is 1100. The number of anilines is 4. The molecule has 0 saturated carbocycles. The number of nitrogens with zero attached hydrogens (tertiary/aromatic N) is 3. The third-order valence-electron chi connectivity index (χ3n) is 6.10. The number of aryl methyl sites for hydroxylation is 1. The van der Waals surface area contributed by atoms with Crippen molar-refractivity contribution in [2.45, 2.75) is 45.1 Å². The highest BCUT2D eigenvalue weighted by Gasteiger charge is 2.26. The molecule has 168 valence electrons. The highest BCUT2D eigenvalue weighted by molar-refractivity contribution is 5.99. The van der Waals surface area contributed by atoms with Crippen LogP contribution in [0.4, 0.5) is 22.7 Å². The smallest absolute Gasteiger partial charge is 0.247 e. The fraction of sp³-hybridized carbons (Fsp3) is 0.360. The number of pyridine rings is 1. The van der Waals surface area contributed by atoms with Crippen molar-refractivity contribution in [3.05, 3.63) is 60.9 Å². The van der Waals surface area contributed by atoms with Gasteiger partial charge in [-0.3, -0.25) is 4.79 Å². The van der Waals surface area contributed by atoms with Crippen molar-refractivity contribution >= 4 is 34.2 Å². The lowest BCUT2D eigenvalue weighted by Crippen LogP contribution is -2.40. The van der Waals surface area contributed by atoms with Crippen LogP contribution >= 0.6 is 0 Å². The quantitative estimate of drug-likeness (QED) is 0.456. The Labute approximate surface area is 188 Å². The van der Waals surface area contributed by atoms with Gasteiger partial charge < -0.3 is 20.6 Å². The van der Waals surface area contributed by atoms with E-state index < -0.39 is 0 Å². The SMILES string of the molecule is C=CC(=O)Nc1cccc(Nc2c(N3CCCC[C@@H]3CCO)ccn3ncc(CC)c23)c1. The monoisotopic (exact) mass is 433 g/mol. The summed E-state index contributed by atoms with van der Waals surface area (Å²) in [6.07, 6.45) is 10.2. The van der Waals surface area contributed by atoms with Crippen molar-refractivity contribution in [2.24, 2.45) is 0 Å². The van der Waals surface area contributed by atoms with Gasteiger partial charge in [-0.25, -0.2) is 4.52 Å². The molecule has 1 fully saturated rings. The fourth-order valence-corrected chi connectivity index (χ4v) is 4.53. The molecule has 1 amide bonds. The number of carbonyl (C=O) groups is 1. The van der Waals surface area contributed by atoms with E-state index in [-0.39, 0.29) is 12.5 Å². The number of aromatic nitrogens is 2. The molecule has 3 heterocycles. The highest BCUT2D eigenvalue weighted by atomic mass is 16.3. The molecule has 0 aliphatic carbocycles. The van der Waals surface area contributed by atoms with Gasteiger partial charge in [0.25, 0.3) is 0 Å². The second-order valence-electron chi connectivity index (χ2n) is 8.15. The number of aliphatic hydroxyl groups is 1. The molecule has 0 radical (unpaired) electrons. The van der Waals surface area contributed by atoms with E-state index in [2.05, 4.69) is 40.2 Å². The third-order valence-corrected chi connectivity index (χ3v) is 6.10. The van der Waals surface area contributed by atoms with Crippen molar-refractivity contribution in [3.63, 3.8) is 0 Å². The highest BCUT2D eigenvalue weighted by Crippen LogP contribution is 2.38. The van der Waals surface area contributed by atoms with E-state index in [0.717, 1.165) is 54.8 Å². The molecule has 0 bridgehead atoms. The van der Waals surface area contributed by atoms with Gasteiger partial charge in [-0.15, -0.1) is 0 Å². The number of fused-ring (bicyclic) bond motifs is 1. The van der Waals surface area contributed by atoms with Crippen molar-refractivity contribution < 1.29 is 9.90 Å². The lowest BCUT2D eigenvalue weighted by Gasteiger charge is -2.38. The number of aliphatic hydroxyl groups excluding tert-OH is 1. The lowest BCUT2D eigenvalue weighted by molar-refractivity contribution is -0.111. The molecule has 0 unspecified atom stereocenters. The van der Waals surface area contributed by atoms with Gasteiger partial charge in [-0.2, -0.15) is 5.10 Å². The maximum absolute atomic E-state index is 11.7. The van der Waals surface area contributed by atoms with Gasteiger partial charge in [0.1, 0.15) is 0 Å². The van der Waals surface area contributed by atoms with E-state index in [1.807, 2.05) is 41.2 Å². The maximum atomic E-state index is 11.7. The van der Waals surface area contributed by atoms with E-state index in [4.69, 9.17) is 0 Å². The Morgan fingerprint density at radius 2 is 2.16 bits per heavy atom. The van der Waals surface area contributed by atoms with Crippen molar-refractivity contribution in [3.8, 4) is 0 Å². The Kier molecular flexibility index (Phi) is 6.75. The Balaban J connectivity index is 1.79. The predicted octanol–water partition coefficient (Wildman–Crippen LogP) is 4.51. The lowest BCUT2D eigenvalue weighted by atomic mass is 9.98. The second-order valence-corrected chi connectivity index (χ2v) is 8.15. The standard InChI is InChI=1S/C25H31N5O2/c1-3-18-17-26-30-14-11-22(29-13-6-5-10-21(29)12-15-31)24(25(18)30)28-20-9-7-8-19(16-20)27-23(32)4-2/h4,7-9,11,14,16-17,21,28,31H,2-3,5-6,10,12-13,15H2,1H3,(H,27,32)/t21-/m1/s1. The van der Waals surface area contributed by atoms with Crippen LogP contribution in [0.5, 0.6) is 0 Å². The number of amides is 1. The minimum absolute atomic E-state index is 0.185. The molecule has 32 heavy (non-hydrogen) atoms. The average Bonchev–Trinajstić information content (AvgIpc) is 3.24. The summed E-state index contributed by atoms with van der Waals surface area (Å²) < 4.78 is 1.92. The maximum Gasteiger partial charge on any atom is 0.247 e. The van der Waals surface area contributed by atoms with Crippen LogP contribution in [0.1, 0.15) is 38.2 Å². The second kappa shape index (κ2) is 9.87. The molecule has 1 saturated heterocycles. The molecule has 3 N–H and O–H groups in total. The molecule has 1 aliphatic heterocycles. The zero-order valence-corrected chi connectivity index (χ0v) is 18.6. The Morgan fingerprint density at radius 3 is 2.94 bits per heavy atom. The number of nitrogens with one attached hydrogen (secondary N) is 2. The molecule has 1 aromatic carbocycles. The molecule has 3 aromatic rings. The van der Waals surface area contributed by atoms with E-state index >= 15 is 0 Å². The first-order valence-corrected chi connectivity index (χ1v) is 11.3. The van der Waals surface area contributed by atoms with Gasteiger partial charge in [0.15, 0.2) is 0 Å². The molecule has 4 rings (SSSR count). The summed E-state index contributed by atoms with van der Waals surface area (Å²) in [5.74, 6) is -0.242. The number of rotatable bonds is 8. The predicted molar refractivity (Wildman–Crippen MR) is 130 cm³/mol. The summed E-state index contributed by atoms with van der Waals surface area (Å²) in [6.45, 7) is 6.80. The summed E-state index contributed by atoms with van der Waals surface area (Å²) in [5, 5.41) is 20.6. The van der Waals surface area contributed by atoms with Crippen molar-refractivity contribution in [1.29, 1.82) is 0 Å². The molecular weight excluding hydrogens is 402 g/mol. The van der Waals surface area contributed by atoms with Crippen molar-refractivity contribution in [1.82, 2.24) is 9.61 Å². The normalized spacial score (nSPS) is 16.2. The molecule has 0 spiro atoms. The summed E-state index contributed by atoms with van der Waals surface area (Å²) >= 11 is 0.